The molecule has 1 aromatic rings. The Balaban J connectivity index is -0.000000274. The van der Waals surface area contributed by atoms with Crippen LogP contribution in [0.4, 0.5) is 0 Å². The molecule has 0 heterocycles. The average Bonchev–Trinajstić information content (AvgIpc) is 2.38. The summed E-state index contributed by atoms with van der Waals surface area (Å²) in [6.07, 6.45) is 1.75. The highest BCUT2D eigenvalue weighted by molar-refractivity contribution is 5.41. The molecule has 1 rings (SSSR count). The fraction of sp³-hybridized carbons (Fsp3) is 0.500. The van der Waals surface area contributed by atoms with E-state index in [0.717, 1.165) is 5.56 Å². The van der Waals surface area contributed by atoms with Gasteiger partial charge in [-0.25, -0.2) is 0 Å². The monoisotopic (exact) mass is 254 g/mol. The van der Waals surface area contributed by atoms with Crippen LogP contribution in [0.15, 0.2) is 30.9 Å². The van der Waals surface area contributed by atoms with Crippen LogP contribution >= 0.6 is 0 Å². The lowest BCUT2D eigenvalue weighted by Gasteiger charge is -2.05. The molecule has 0 aromatic heterocycles. The molecule has 1 aromatic carbocycles. The molecule has 0 amide bonds. The molecule has 0 aliphatic rings. The van der Waals surface area contributed by atoms with Gasteiger partial charge >= 0.3 is 0 Å². The van der Waals surface area contributed by atoms with Gasteiger partial charge in [-0.05, 0) is 30.5 Å². The molecule has 0 bridgehead atoms. The second kappa shape index (κ2) is 15.6. The lowest BCUT2D eigenvalue weighted by molar-refractivity contribution is 0.403. The molecule has 0 unspecified atom stereocenters. The molecule has 0 aliphatic carbocycles. The lowest BCUT2D eigenvalue weighted by Crippen LogP contribution is -1.85. The molecule has 0 atom stereocenters. The van der Waals surface area contributed by atoms with E-state index < -0.39 is 0 Å². The van der Waals surface area contributed by atoms with Crippen molar-refractivity contribution in [3.05, 3.63) is 36.4 Å². The van der Waals surface area contributed by atoms with Crippen molar-refractivity contribution >= 4 is 0 Å². The zero-order valence-corrected chi connectivity index (χ0v) is 13.0. The first kappa shape index (κ1) is 21.8. The number of rotatable bonds is 1. The van der Waals surface area contributed by atoms with Gasteiger partial charge in [0.15, 0.2) is 11.5 Å². The molecule has 2 heteroatoms. The Morgan fingerprint density at radius 2 is 1.39 bits per heavy atom. The first-order valence-corrected chi connectivity index (χ1v) is 6.61. The maximum absolute atomic E-state index is 9.10. The quantitative estimate of drug-likeness (QED) is 0.515. The van der Waals surface area contributed by atoms with Gasteiger partial charge in [0.25, 0.3) is 0 Å². The minimum atomic E-state index is -0.0607. The van der Waals surface area contributed by atoms with E-state index in [9.17, 15) is 0 Å². The van der Waals surface area contributed by atoms with E-state index in [1.54, 1.807) is 18.2 Å². The van der Waals surface area contributed by atoms with E-state index in [2.05, 4.69) is 6.58 Å². The largest absolute Gasteiger partial charge is 0.504 e. The summed E-state index contributed by atoms with van der Waals surface area (Å²) in [4.78, 5) is 0. The zero-order valence-electron chi connectivity index (χ0n) is 13.0. The van der Waals surface area contributed by atoms with Crippen molar-refractivity contribution in [1.82, 2.24) is 0 Å². The van der Waals surface area contributed by atoms with Crippen LogP contribution in [0.25, 0.3) is 0 Å². The van der Waals surface area contributed by atoms with Crippen molar-refractivity contribution in [2.45, 2.75) is 54.4 Å². The fourth-order valence-electron chi connectivity index (χ4n) is 0.900. The highest BCUT2D eigenvalue weighted by Crippen LogP contribution is 2.27. The number of benzene rings is 1. The zero-order chi connectivity index (χ0) is 15.1. The van der Waals surface area contributed by atoms with Gasteiger partial charge in [-0.3, -0.25) is 0 Å². The summed E-state index contributed by atoms with van der Waals surface area (Å²) in [5, 5.41) is 18.1. The van der Waals surface area contributed by atoms with Crippen LogP contribution < -0.4 is 0 Å². The van der Waals surface area contributed by atoms with E-state index in [1.165, 1.54) is 6.07 Å². The van der Waals surface area contributed by atoms with Crippen molar-refractivity contribution in [2.75, 3.05) is 0 Å². The summed E-state index contributed by atoms with van der Waals surface area (Å²) in [7, 11) is 0. The van der Waals surface area contributed by atoms with Crippen molar-refractivity contribution in [1.29, 1.82) is 0 Å². The second-order valence-corrected chi connectivity index (χ2v) is 3.31. The molecule has 106 valence electrons. The predicted octanol–water partition coefficient (Wildman–Crippen LogP) is 5.47. The average molecular weight is 254 g/mol. The highest BCUT2D eigenvalue weighted by Gasteiger charge is 2.02. The first-order valence-electron chi connectivity index (χ1n) is 6.61. The standard InChI is InChI=1S/C9H12O2.C3H6.2C2H6/c1-6(2)7-3-4-8(10)9(11)5-7;1-3-2;2*1-2/h3-6,10-11H,1-2H3;3H,1H2,2H3;2*1-2H3. The first-order chi connectivity index (χ1) is 8.52. The summed E-state index contributed by atoms with van der Waals surface area (Å²) in [6.45, 7) is 17.3. The van der Waals surface area contributed by atoms with Crippen molar-refractivity contribution < 1.29 is 10.2 Å². The van der Waals surface area contributed by atoms with E-state index in [-0.39, 0.29) is 11.5 Å². The number of phenolic OH excluding ortho intramolecular Hbond substituents is 2. The number of hydrogen-bond donors (Lipinski definition) is 2. The third-order valence-corrected chi connectivity index (χ3v) is 1.67. The maximum Gasteiger partial charge on any atom is 0.157 e. The van der Waals surface area contributed by atoms with Crippen LogP contribution in [0.2, 0.25) is 0 Å². The van der Waals surface area contributed by atoms with Crippen LogP contribution in [-0.4, -0.2) is 10.2 Å². The number of aromatic hydroxyl groups is 2. The molecule has 18 heavy (non-hydrogen) atoms. The Hall–Kier alpha value is -1.44. The van der Waals surface area contributed by atoms with Crippen LogP contribution in [0.5, 0.6) is 11.5 Å². The molecule has 0 fully saturated rings. The van der Waals surface area contributed by atoms with Gasteiger partial charge in [0.05, 0.1) is 0 Å². The molecule has 0 saturated carbocycles. The second-order valence-electron chi connectivity index (χ2n) is 3.31. The molecule has 0 radical (unpaired) electrons. The molecular weight excluding hydrogens is 224 g/mol. The third kappa shape index (κ3) is 11.1. The van der Waals surface area contributed by atoms with Crippen LogP contribution in [0.3, 0.4) is 0 Å². The summed E-state index contributed by atoms with van der Waals surface area (Å²) < 4.78 is 0. The van der Waals surface area contributed by atoms with Crippen molar-refractivity contribution in [3.8, 4) is 11.5 Å². The Morgan fingerprint density at radius 3 is 1.67 bits per heavy atom. The normalized spacial score (nSPS) is 7.78. The lowest BCUT2D eigenvalue weighted by atomic mass is 10.0. The van der Waals surface area contributed by atoms with Gasteiger partial charge in [0.1, 0.15) is 0 Å². The molecule has 0 saturated heterocycles. The van der Waals surface area contributed by atoms with Crippen LogP contribution in [0.1, 0.15) is 59.9 Å². The summed E-state index contributed by atoms with van der Waals surface area (Å²) in [5.74, 6) is 0.270. The van der Waals surface area contributed by atoms with Gasteiger partial charge in [0, 0.05) is 0 Å². The van der Waals surface area contributed by atoms with Gasteiger partial charge < -0.3 is 10.2 Å². The van der Waals surface area contributed by atoms with Gasteiger partial charge in [-0.1, -0.05) is 53.7 Å². The number of phenols is 2. The van der Waals surface area contributed by atoms with Crippen molar-refractivity contribution in [2.24, 2.45) is 0 Å². The summed E-state index contributed by atoms with van der Waals surface area (Å²) in [6, 6.07) is 4.89. The molecule has 2 nitrogen and oxygen atoms in total. The number of allylic oxidation sites excluding steroid dienone is 1. The molecule has 0 aliphatic heterocycles. The predicted molar refractivity (Wildman–Crippen MR) is 82.4 cm³/mol. The Bertz CT molecular complexity index is 291. The van der Waals surface area contributed by atoms with Crippen molar-refractivity contribution in [3.63, 3.8) is 0 Å². The van der Waals surface area contributed by atoms with Crippen LogP contribution in [-0.2, 0) is 0 Å². The summed E-state index contributed by atoms with van der Waals surface area (Å²) in [5.41, 5.74) is 1.03. The van der Waals surface area contributed by atoms with E-state index >= 15 is 0 Å². The minimum absolute atomic E-state index is 0.0452. The third-order valence-electron chi connectivity index (χ3n) is 1.67. The SMILES string of the molecule is C=CC.CC.CC.CC(C)c1ccc(O)c(O)c1. The minimum Gasteiger partial charge on any atom is -0.504 e. The van der Waals surface area contributed by atoms with Gasteiger partial charge in [0.2, 0.25) is 0 Å². The topological polar surface area (TPSA) is 40.5 Å². The highest BCUT2D eigenvalue weighted by atomic mass is 16.3. The maximum atomic E-state index is 9.10. The van der Waals surface area contributed by atoms with E-state index in [0.29, 0.717) is 5.92 Å². The molecular formula is C16H30O2. The number of hydrogen-bond acceptors (Lipinski definition) is 2. The fourth-order valence-corrected chi connectivity index (χ4v) is 0.900. The van der Waals surface area contributed by atoms with E-state index in [4.69, 9.17) is 10.2 Å². The van der Waals surface area contributed by atoms with Gasteiger partial charge in [-0.2, -0.15) is 0 Å². The Morgan fingerprint density at radius 1 is 1.00 bits per heavy atom. The van der Waals surface area contributed by atoms with Gasteiger partial charge in [-0.15, -0.1) is 6.58 Å². The van der Waals surface area contributed by atoms with E-state index in [1.807, 2.05) is 48.5 Å². The summed E-state index contributed by atoms with van der Waals surface area (Å²) >= 11 is 0. The smallest absolute Gasteiger partial charge is 0.157 e. The Kier molecular flexibility index (Phi) is 18.8. The van der Waals surface area contributed by atoms with Crippen LogP contribution in [0, 0.1) is 0 Å². The molecule has 0 spiro atoms. The Labute approximate surface area is 113 Å². The molecule has 2 N–H and O–H groups in total.